The molecule has 0 unspecified atom stereocenters. The Morgan fingerprint density at radius 1 is 1.08 bits per heavy atom. The first kappa shape index (κ1) is 18.1. The molecule has 3 nitrogen and oxygen atoms in total. The maximum Gasteiger partial charge on any atom is 0.164 e. The molecular formula is C20H21ClFNO2. The van der Waals surface area contributed by atoms with Crippen LogP contribution < -0.4 is 0 Å². The number of nitrogens with zero attached hydrogens (tertiary/aromatic N) is 1. The van der Waals surface area contributed by atoms with Crippen LogP contribution in [0.4, 0.5) is 4.39 Å². The van der Waals surface area contributed by atoms with Gasteiger partial charge in [0.05, 0.1) is 5.60 Å². The van der Waals surface area contributed by atoms with E-state index >= 15 is 0 Å². The van der Waals surface area contributed by atoms with E-state index in [4.69, 9.17) is 11.6 Å². The van der Waals surface area contributed by atoms with Gasteiger partial charge in [0.1, 0.15) is 5.82 Å². The van der Waals surface area contributed by atoms with E-state index < -0.39 is 5.60 Å². The van der Waals surface area contributed by atoms with Gasteiger partial charge in [-0.05, 0) is 54.8 Å². The van der Waals surface area contributed by atoms with Crippen molar-refractivity contribution in [3.8, 4) is 0 Å². The Morgan fingerprint density at radius 2 is 1.68 bits per heavy atom. The number of hydrogen-bond donors (Lipinski definition) is 1. The number of carbonyl (C=O) groups excluding carboxylic acids is 1. The van der Waals surface area contributed by atoms with Crippen molar-refractivity contribution in [3.05, 3.63) is 70.5 Å². The summed E-state index contributed by atoms with van der Waals surface area (Å²) in [6.45, 7) is 2.11. The highest BCUT2D eigenvalue weighted by Crippen LogP contribution is 2.33. The molecule has 25 heavy (non-hydrogen) atoms. The van der Waals surface area contributed by atoms with Gasteiger partial charge in [-0.25, -0.2) is 4.39 Å². The normalized spacial score (nSPS) is 17.4. The fraction of sp³-hybridized carbons (Fsp3) is 0.350. The summed E-state index contributed by atoms with van der Waals surface area (Å²) >= 11 is 5.91. The number of aliphatic hydroxyl groups is 1. The summed E-state index contributed by atoms with van der Waals surface area (Å²) in [5, 5.41) is 11.5. The lowest BCUT2D eigenvalue weighted by Gasteiger charge is -2.38. The quantitative estimate of drug-likeness (QED) is 0.817. The van der Waals surface area contributed by atoms with Gasteiger partial charge >= 0.3 is 0 Å². The Labute approximate surface area is 152 Å². The van der Waals surface area contributed by atoms with E-state index in [1.54, 1.807) is 12.1 Å². The molecule has 3 rings (SSSR count). The summed E-state index contributed by atoms with van der Waals surface area (Å²) in [6, 6.07) is 13.0. The molecule has 1 saturated heterocycles. The third-order valence-corrected chi connectivity index (χ3v) is 5.14. The van der Waals surface area contributed by atoms with E-state index in [0.717, 1.165) is 18.7 Å². The summed E-state index contributed by atoms with van der Waals surface area (Å²) in [4.78, 5) is 14.4. The molecule has 1 heterocycles. The first-order valence-electron chi connectivity index (χ1n) is 8.46. The average molecular weight is 362 g/mol. The van der Waals surface area contributed by atoms with Crippen molar-refractivity contribution < 1.29 is 14.3 Å². The van der Waals surface area contributed by atoms with Crippen LogP contribution in [0.3, 0.4) is 0 Å². The number of halogens is 2. The van der Waals surface area contributed by atoms with Gasteiger partial charge in [0, 0.05) is 36.6 Å². The zero-order chi connectivity index (χ0) is 17.9. The van der Waals surface area contributed by atoms with Crippen molar-refractivity contribution in [3.63, 3.8) is 0 Å². The molecule has 1 aliphatic heterocycles. The Kier molecular flexibility index (Phi) is 5.52. The van der Waals surface area contributed by atoms with Crippen LogP contribution in [0.15, 0.2) is 48.5 Å². The van der Waals surface area contributed by atoms with E-state index in [1.807, 2.05) is 12.1 Å². The minimum absolute atomic E-state index is 0.0125. The monoisotopic (exact) mass is 361 g/mol. The maximum atomic E-state index is 12.9. The van der Waals surface area contributed by atoms with E-state index in [2.05, 4.69) is 4.90 Å². The Balaban J connectivity index is 1.51. The van der Waals surface area contributed by atoms with Gasteiger partial charge < -0.3 is 10.0 Å². The van der Waals surface area contributed by atoms with Crippen molar-refractivity contribution in [2.24, 2.45) is 0 Å². The van der Waals surface area contributed by atoms with Gasteiger partial charge in [0.25, 0.3) is 0 Å². The maximum absolute atomic E-state index is 12.9. The highest BCUT2D eigenvalue weighted by atomic mass is 35.5. The molecule has 0 atom stereocenters. The van der Waals surface area contributed by atoms with Gasteiger partial charge in [-0.2, -0.15) is 0 Å². The number of rotatable bonds is 5. The average Bonchev–Trinajstić information content (AvgIpc) is 2.62. The van der Waals surface area contributed by atoms with Gasteiger partial charge in [-0.15, -0.1) is 0 Å². The lowest BCUT2D eigenvalue weighted by molar-refractivity contribution is -0.0256. The molecule has 0 spiro atoms. The molecule has 1 fully saturated rings. The highest BCUT2D eigenvalue weighted by molar-refractivity contribution is 6.30. The molecule has 0 amide bonds. The fourth-order valence-electron chi connectivity index (χ4n) is 3.24. The van der Waals surface area contributed by atoms with Crippen LogP contribution in [0.5, 0.6) is 0 Å². The zero-order valence-electron chi connectivity index (χ0n) is 13.9. The molecule has 2 aromatic rings. The van der Waals surface area contributed by atoms with Crippen molar-refractivity contribution in [2.45, 2.75) is 24.9 Å². The number of hydrogen-bond acceptors (Lipinski definition) is 3. The van der Waals surface area contributed by atoms with E-state index in [-0.39, 0.29) is 11.6 Å². The number of piperidine rings is 1. The Hall–Kier alpha value is -1.75. The topological polar surface area (TPSA) is 40.5 Å². The first-order chi connectivity index (χ1) is 12.0. The van der Waals surface area contributed by atoms with Crippen molar-refractivity contribution >= 4 is 17.4 Å². The summed E-state index contributed by atoms with van der Waals surface area (Å²) in [5.41, 5.74) is 0.595. The van der Waals surface area contributed by atoms with Gasteiger partial charge in [-0.1, -0.05) is 23.7 Å². The van der Waals surface area contributed by atoms with E-state index in [0.29, 0.717) is 36.4 Å². The van der Waals surface area contributed by atoms with Gasteiger partial charge in [0.15, 0.2) is 5.78 Å². The minimum Gasteiger partial charge on any atom is -0.385 e. The first-order valence-corrected chi connectivity index (χ1v) is 8.84. The largest absolute Gasteiger partial charge is 0.385 e. The van der Waals surface area contributed by atoms with Crippen LogP contribution in [-0.2, 0) is 5.60 Å². The molecule has 132 valence electrons. The van der Waals surface area contributed by atoms with Crippen LogP contribution in [-0.4, -0.2) is 35.4 Å². The Bertz CT molecular complexity index is 722. The predicted octanol–water partition coefficient (Wildman–Crippen LogP) is 4.04. The second kappa shape index (κ2) is 7.65. The number of Topliss-reactive ketones (excluding diaryl/α,β-unsaturated/α-hetero) is 1. The van der Waals surface area contributed by atoms with Crippen molar-refractivity contribution in [1.82, 2.24) is 4.90 Å². The van der Waals surface area contributed by atoms with Crippen LogP contribution in [0.2, 0.25) is 5.02 Å². The van der Waals surface area contributed by atoms with Gasteiger partial charge in [-0.3, -0.25) is 4.79 Å². The number of carbonyl (C=O) groups is 1. The molecule has 5 heteroatoms. The summed E-state index contributed by atoms with van der Waals surface area (Å²) in [7, 11) is 0. The van der Waals surface area contributed by atoms with Crippen LogP contribution in [0.25, 0.3) is 0 Å². The molecule has 1 N–H and O–H groups in total. The van der Waals surface area contributed by atoms with Crippen molar-refractivity contribution in [2.75, 3.05) is 19.6 Å². The highest BCUT2D eigenvalue weighted by Gasteiger charge is 2.33. The summed E-state index contributed by atoms with van der Waals surface area (Å²) in [5.74, 6) is -0.326. The minimum atomic E-state index is -0.831. The van der Waals surface area contributed by atoms with E-state index in [1.165, 1.54) is 24.3 Å². The van der Waals surface area contributed by atoms with Crippen LogP contribution >= 0.6 is 11.6 Å². The fourth-order valence-corrected chi connectivity index (χ4v) is 3.36. The summed E-state index contributed by atoms with van der Waals surface area (Å²) in [6.07, 6.45) is 1.64. The third-order valence-electron chi connectivity index (χ3n) is 4.89. The molecule has 0 saturated carbocycles. The second-order valence-corrected chi connectivity index (χ2v) is 7.00. The van der Waals surface area contributed by atoms with E-state index in [9.17, 15) is 14.3 Å². The van der Waals surface area contributed by atoms with Crippen LogP contribution in [0.1, 0.15) is 35.2 Å². The molecule has 0 aromatic heterocycles. The smallest absolute Gasteiger partial charge is 0.164 e. The standard InChI is InChI=1S/C20H21ClFNO2/c21-17-5-3-16(4-6-17)20(25)10-13-23(14-11-20)12-9-19(24)15-1-7-18(22)8-2-15/h1-8,25H,9-14H2. The molecule has 2 aromatic carbocycles. The van der Waals surface area contributed by atoms with Crippen molar-refractivity contribution in [1.29, 1.82) is 0 Å². The lowest BCUT2D eigenvalue weighted by Crippen LogP contribution is -2.43. The Morgan fingerprint density at radius 3 is 2.28 bits per heavy atom. The number of ketones is 1. The van der Waals surface area contributed by atoms with Gasteiger partial charge in [0.2, 0.25) is 0 Å². The molecule has 1 aliphatic rings. The van der Waals surface area contributed by atoms with Crippen LogP contribution in [0, 0.1) is 5.82 Å². The SMILES string of the molecule is O=C(CCN1CCC(O)(c2ccc(Cl)cc2)CC1)c1ccc(F)cc1. The molecular weight excluding hydrogens is 341 g/mol. The predicted molar refractivity (Wildman–Crippen MR) is 96.4 cm³/mol. The second-order valence-electron chi connectivity index (χ2n) is 6.56. The molecule has 0 bridgehead atoms. The zero-order valence-corrected chi connectivity index (χ0v) is 14.7. The summed E-state index contributed by atoms with van der Waals surface area (Å²) < 4.78 is 12.9. The number of benzene rings is 2. The number of likely N-dealkylation sites (tertiary alicyclic amines) is 1. The lowest BCUT2D eigenvalue weighted by atomic mass is 9.84. The third kappa shape index (κ3) is 4.46. The molecule has 0 aliphatic carbocycles. The molecule has 0 radical (unpaired) electrons.